The van der Waals surface area contributed by atoms with Crippen molar-refractivity contribution in [3.63, 3.8) is 0 Å². The molecule has 2 rings (SSSR count). The van der Waals surface area contributed by atoms with Gasteiger partial charge in [0.05, 0.1) is 5.60 Å². The lowest BCUT2D eigenvalue weighted by molar-refractivity contribution is -0.0658. The third-order valence-electron chi connectivity index (χ3n) is 2.92. The molecule has 1 fully saturated rings. The SMILES string of the molecule is CC1(c2ccc(Cl)cc2)C[C@H](I)CCO1. The molecule has 1 aromatic rings. The van der Waals surface area contributed by atoms with Crippen LogP contribution in [0.3, 0.4) is 0 Å². The Balaban J connectivity index is 2.24. The van der Waals surface area contributed by atoms with Gasteiger partial charge in [0, 0.05) is 15.6 Å². The Hall–Kier alpha value is 0.200. The van der Waals surface area contributed by atoms with E-state index >= 15 is 0 Å². The number of alkyl halides is 1. The Morgan fingerprint density at radius 1 is 1.40 bits per heavy atom. The van der Waals surface area contributed by atoms with Crippen LogP contribution in [-0.4, -0.2) is 10.5 Å². The topological polar surface area (TPSA) is 9.23 Å². The summed E-state index contributed by atoms with van der Waals surface area (Å²) in [5.41, 5.74) is 1.10. The Morgan fingerprint density at radius 2 is 2.07 bits per heavy atom. The summed E-state index contributed by atoms with van der Waals surface area (Å²) in [6.45, 7) is 3.02. The first-order valence-corrected chi connectivity index (χ1v) is 6.77. The number of ether oxygens (including phenoxy) is 1. The molecule has 0 radical (unpaired) electrons. The number of hydrogen-bond donors (Lipinski definition) is 0. The predicted octanol–water partition coefficient (Wildman–Crippen LogP) is 4.17. The molecule has 1 aromatic carbocycles. The fourth-order valence-electron chi connectivity index (χ4n) is 2.00. The minimum Gasteiger partial charge on any atom is -0.371 e. The number of halogens is 2. The molecule has 0 bridgehead atoms. The van der Waals surface area contributed by atoms with Crippen molar-refractivity contribution in [3.8, 4) is 0 Å². The predicted molar refractivity (Wildman–Crippen MR) is 71.8 cm³/mol. The molecule has 0 aliphatic carbocycles. The zero-order valence-electron chi connectivity index (χ0n) is 8.67. The quantitative estimate of drug-likeness (QED) is 0.552. The average molecular weight is 337 g/mol. The maximum atomic E-state index is 5.91. The maximum absolute atomic E-state index is 5.91. The van der Waals surface area contributed by atoms with Gasteiger partial charge in [0.1, 0.15) is 0 Å². The molecule has 1 heterocycles. The normalized spacial score (nSPS) is 31.5. The van der Waals surface area contributed by atoms with Crippen molar-refractivity contribution in [2.75, 3.05) is 6.61 Å². The van der Waals surface area contributed by atoms with Crippen LogP contribution >= 0.6 is 34.2 Å². The minimum atomic E-state index is -0.130. The van der Waals surface area contributed by atoms with Gasteiger partial charge in [0.2, 0.25) is 0 Å². The maximum Gasteiger partial charge on any atom is 0.0913 e. The second kappa shape index (κ2) is 4.60. The van der Waals surface area contributed by atoms with E-state index in [2.05, 4.69) is 41.6 Å². The largest absolute Gasteiger partial charge is 0.371 e. The molecule has 1 unspecified atom stereocenters. The molecule has 82 valence electrons. The Labute approximate surface area is 109 Å². The fraction of sp³-hybridized carbons (Fsp3) is 0.500. The molecule has 0 amide bonds. The lowest BCUT2D eigenvalue weighted by Crippen LogP contribution is -2.34. The molecule has 2 atom stereocenters. The van der Waals surface area contributed by atoms with Crippen LogP contribution in [-0.2, 0) is 10.3 Å². The zero-order chi connectivity index (χ0) is 10.9. The molecule has 1 aliphatic heterocycles. The summed E-state index contributed by atoms with van der Waals surface area (Å²) >= 11 is 8.39. The second-order valence-electron chi connectivity index (χ2n) is 4.18. The van der Waals surface area contributed by atoms with Crippen LogP contribution in [0.4, 0.5) is 0 Å². The summed E-state index contributed by atoms with van der Waals surface area (Å²) in [7, 11) is 0. The van der Waals surface area contributed by atoms with Crippen LogP contribution in [0.25, 0.3) is 0 Å². The van der Waals surface area contributed by atoms with Gasteiger partial charge in [-0.2, -0.15) is 0 Å². The van der Waals surface area contributed by atoms with Crippen molar-refractivity contribution in [1.82, 2.24) is 0 Å². The molecule has 0 aromatic heterocycles. The number of rotatable bonds is 1. The lowest BCUT2D eigenvalue weighted by Gasteiger charge is -2.37. The fourth-order valence-corrected chi connectivity index (χ4v) is 3.22. The van der Waals surface area contributed by atoms with Crippen LogP contribution < -0.4 is 0 Å². The van der Waals surface area contributed by atoms with E-state index in [0.717, 1.165) is 24.5 Å². The van der Waals surface area contributed by atoms with Crippen molar-refractivity contribution < 1.29 is 4.74 Å². The molecular weight excluding hydrogens is 322 g/mol. The van der Waals surface area contributed by atoms with Crippen LogP contribution in [0.5, 0.6) is 0 Å². The van der Waals surface area contributed by atoms with Crippen LogP contribution in [0.2, 0.25) is 5.02 Å². The molecule has 0 spiro atoms. The molecular formula is C12H14ClIO. The van der Waals surface area contributed by atoms with Gasteiger partial charge in [-0.3, -0.25) is 0 Å². The summed E-state index contributed by atoms with van der Waals surface area (Å²) in [4.78, 5) is 0. The first kappa shape index (κ1) is 11.7. The van der Waals surface area contributed by atoms with Gasteiger partial charge >= 0.3 is 0 Å². The third kappa shape index (κ3) is 2.66. The Morgan fingerprint density at radius 3 is 2.67 bits per heavy atom. The van der Waals surface area contributed by atoms with Crippen molar-refractivity contribution in [1.29, 1.82) is 0 Å². The van der Waals surface area contributed by atoms with E-state index in [-0.39, 0.29) is 5.60 Å². The monoisotopic (exact) mass is 336 g/mol. The van der Waals surface area contributed by atoms with Gasteiger partial charge in [0.15, 0.2) is 0 Å². The molecule has 0 N–H and O–H groups in total. The molecule has 1 saturated heterocycles. The molecule has 1 aliphatic rings. The first-order chi connectivity index (χ1) is 7.10. The van der Waals surface area contributed by atoms with Crippen LogP contribution in [0, 0.1) is 0 Å². The van der Waals surface area contributed by atoms with E-state index in [1.807, 2.05) is 12.1 Å². The van der Waals surface area contributed by atoms with Crippen molar-refractivity contribution in [2.24, 2.45) is 0 Å². The lowest BCUT2D eigenvalue weighted by atomic mass is 9.88. The summed E-state index contributed by atoms with van der Waals surface area (Å²) in [5.74, 6) is 0. The molecule has 3 heteroatoms. The Bertz CT molecular complexity index is 338. The second-order valence-corrected chi connectivity index (χ2v) is 6.37. The summed E-state index contributed by atoms with van der Waals surface area (Å²) in [5, 5.41) is 0.782. The van der Waals surface area contributed by atoms with Gasteiger partial charge in [0.25, 0.3) is 0 Å². The number of benzene rings is 1. The van der Waals surface area contributed by atoms with E-state index in [9.17, 15) is 0 Å². The molecule has 1 nitrogen and oxygen atoms in total. The van der Waals surface area contributed by atoms with Gasteiger partial charge in [-0.25, -0.2) is 0 Å². The standard InChI is InChI=1S/C12H14ClIO/c1-12(8-11(14)6-7-15-12)9-2-4-10(13)5-3-9/h2-5,11H,6-8H2,1H3/t11-,12?/m1/s1. The van der Waals surface area contributed by atoms with Crippen LogP contribution in [0.15, 0.2) is 24.3 Å². The zero-order valence-corrected chi connectivity index (χ0v) is 11.6. The molecule has 15 heavy (non-hydrogen) atoms. The van der Waals surface area contributed by atoms with E-state index in [0.29, 0.717) is 3.92 Å². The van der Waals surface area contributed by atoms with Gasteiger partial charge in [-0.05, 0) is 37.5 Å². The van der Waals surface area contributed by atoms with Gasteiger partial charge in [-0.1, -0.05) is 46.3 Å². The highest BCUT2D eigenvalue weighted by atomic mass is 127. The van der Waals surface area contributed by atoms with Crippen LogP contribution in [0.1, 0.15) is 25.3 Å². The average Bonchev–Trinajstić information content (AvgIpc) is 2.18. The molecule has 0 saturated carbocycles. The van der Waals surface area contributed by atoms with Gasteiger partial charge in [-0.15, -0.1) is 0 Å². The summed E-state index contributed by atoms with van der Waals surface area (Å²) in [6.07, 6.45) is 2.24. The van der Waals surface area contributed by atoms with Crippen molar-refractivity contribution in [2.45, 2.75) is 29.3 Å². The van der Waals surface area contributed by atoms with E-state index < -0.39 is 0 Å². The third-order valence-corrected chi connectivity index (χ3v) is 4.23. The minimum absolute atomic E-state index is 0.130. The number of hydrogen-bond acceptors (Lipinski definition) is 1. The smallest absolute Gasteiger partial charge is 0.0913 e. The van der Waals surface area contributed by atoms with Crippen molar-refractivity contribution >= 4 is 34.2 Å². The van der Waals surface area contributed by atoms with E-state index in [1.165, 1.54) is 5.56 Å². The summed E-state index contributed by atoms with van der Waals surface area (Å²) in [6, 6.07) is 8.00. The highest BCUT2D eigenvalue weighted by Gasteiger charge is 2.33. The van der Waals surface area contributed by atoms with E-state index in [4.69, 9.17) is 16.3 Å². The van der Waals surface area contributed by atoms with Gasteiger partial charge < -0.3 is 4.74 Å². The van der Waals surface area contributed by atoms with E-state index in [1.54, 1.807) is 0 Å². The highest BCUT2D eigenvalue weighted by molar-refractivity contribution is 14.1. The Kier molecular flexibility index (Phi) is 3.58. The first-order valence-electron chi connectivity index (χ1n) is 5.14. The summed E-state index contributed by atoms with van der Waals surface area (Å²) < 4.78 is 6.62. The van der Waals surface area contributed by atoms with Crippen molar-refractivity contribution in [3.05, 3.63) is 34.9 Å². The highest BCUT2D eigenvalue weighted by Crippen LogP contribution is 2.37.